The first-order chi connectivity index (χ1) is 9.54. The summed E-state index contributed by atoms with van der Waals surface area (Å²) in [5, 5.41) is 24.6. The molecule has 0 aromatic heterocycles. The summed E-state index contributed by atoms with van der Waals surface area (Å²) in [5.74, 6) is 0. The Balaban J connectivity index is 1.86. The van der Waals surface area contributed by atoms with Crippen LogP contribution >= 0.6 is 0 Å². The third kappa shape index (κ3) is 4.21. The summed E-state index contributed by atoms with van der Waals surface area (Å²) >= 11 is 0. The molecule has 0 spiro atoms. The first-order valence-electron chi connectivity index (χ1n) is 7.08. The number of carbonyl (C=O) groups excluding carboxylic acids is 1. The van der Waals surface area contributed by atoms with Gasteiger partial charge < -0.3 is 20.8 Å². The molecule has 0 radical (unpaired) electrons. The highest BCUT2D eigenvalue weighted by atomic mass is 16.3. The fourth-order valence-corrected chi connectivity index (χ4v) is 2.45. The minimum Gasteiger partial charge on any atom is -0.393 e. The van der Waals surface area contributed by atoms with Crippen LogP contribution in [0.3, 0.4) is 0 Å². The summed E-state index contributed by atoms with van der Waals surface area (Å²) in [6.45, 7) is 1.69. The van der Waals surface area contributed by atoms with Gasteiger partial charge in [-0.25, -0.2) is 4.79 Å². The van der Waals surface area contributed by atoms with E-state index in [2.05, 4.69) is 10.6 Å². The minimum absolute atomic E-state index is 0.123. The Kier molecular flexibility index (Phi) is 4.98. The average Bonchev–Trinajstić information content (AvgIpc) is 2.41. The maximum absolute atomic E-state index is 11.9. The molecule has 1 fully saturated rings. The van der Waals surface area contributed by atoms with Crippen LogP contribution in [0.4, 0.5) is 10.5 Å². The number of urea groups is 1. The molecule has 1 saturated carbocycles. The van der Waals surface area contributed by atoms with E-state index in [0.717, 1.165) is 31.2 Å². The van der Waals surface area contributed by atoms with Crippen molar-refractivity contribution in [2.24, 2.45) is 0 Å². The van der Waals surface area contributed by atoms with E-state index in [1.54, 1.807) is 25.1 Å². The largest absolute Gasteiger partial charge is 0.393 e. The number of aliphatic hydroxyl groups is 2. The van der Waals surface area contributed by atoms with Gasteiger partial charge in [0.2, 0.25) is 0 Å². The highest BCUT2D eigenvalue weighted by Gasteiger charge is 2.20. The third-order valence-corrected chi connectivity index (χ3v) is 3.66. The molecule has 0 saturated heterocycles. The monoisotopic (exact) mass is 278 g/mol. The zero-order chi connectivity index (χ0) is 14.5. The van der Waals surface area contributed by atoms with Crippen molar-refractivity contribution in [1.29, 1.82) is 0 Å². The van der Waals surface area contributed by atoms with E-state index < -0.39 is 6.10 Å². The van der Waals surface area contributed by atoms with Crippen molar-refractivity contribution in [1.82, 2.24) is 5.32 Å². The predicted octanol–water partition coefficient (Wildman–Crippen LogP) is 2.16. The van der Waals surface area contributed by atoms with Crippen LogP contribution in [0, 0.1) is 0 Å². The van der Waals surface area contributed by atoms with Crippen LogP contribution in [0.5, 0.6) is 0 Å². The second-order valence-corrected chi connectivity index (χ2v) is 5.41. The molecule has 0 heterocycles. The molecular weight excluding hydrogens is 256 g/mol. The summed E-state index contributed by atoms with van der Waals surface area (Å²) in [4.78, 5) is 11.9. The van der Waals surface area contributed by atoms with Gasteiger partial charge in [0.05, 0.1) is 12.2 Å². The fourth-order valence-electron chi connectivity index (χ4n) is 2.45. The third-order valence-electron chi connectivity index (χ3n) is 3.66. The molecule has 1 aliphatic rings. The number of anilines is 1. The molecule has 20 heavy (non-hydrogen) atoms. The minimum atomic E-state index is -0.556. The lowest BCUT2D eigenvalue weighted by Gasteiger charge is -2.26. The van der Waals surface area contributed by atoms with E-state index in [1.807, 2.05) is 6.07 Å². The SMILES string of the molecule is CC(O)c1cccc(NC(=O)NC2CCC(O)CC2)c1. The molecule has 5 heteroatoms. The Bertz CT molecular complexity index is 454. The molecule has 1 aromatic rings. The Labute approximate surface area is 119 Å². The van der Waals surface area contributed by atoms with Gasteiger partial charge in [-0.05, 0) is 50.3 Å². The summed E-state index contributed by atoms with van der Waals surface area (Å²) in [5.41, 5.74) is 1.43. The van der Waals surface area contributed by atoms with Gasteiger partial charge in [-0.15, -0.1) is 0 Å². The fraction of sp³-hybridized carbons (Fsp3) is 0.533. The first kappa shape index (κ1) is 14.8. The topological polar surface area (TPSA) is 81.6 Å². The highest BCUT2D eigenvalue weighted by Crippen LogP contribution is 2.19. The second-order valence-electron chi connectivity index (χ2n) is 5.41. The Morgan fingerprint density at radius 3 is 2.65 bits per heavy atom. The molecule has 1 unspecified atom stereocenters. The van der Waals surface area contributed by atoms with Crippen molar-refractivity contribution in [3.63, 3.8) is 0 Å². The van der Waals surface area contributed by atoms with E-state index in [9.17, 15) is 15.0 Å². The molecule has 5 nitrogen and oxygen atoms in total. The summed E-state index contributed by atoms with van der Waals surface area (Å²) in [6, 6.07) is 7.04. The van der Waals surface area contributed by atoms with Crippen LogP contribution < -0.4 is 10.6 Å². The summed E-state index contributed by atoms with van der Waals surface area (Å²) < 4.78 is 0. The number of hydrogen-bond acceptors (Lipinski definition) is 3. The van der Waals surface area contributed by atoms with Crippen LogP contribution in [0.2, 0.25) is 0 Å². The van der Waals surface area contributed by atoms with Gasteiger partial charge in [0.1, 0.15) is 0 Å². The Morgan fingerprint density at radius 2 is 2.00 bits per heavy atom. The van der Waals surface area contributed by atoms with E-state index >= 15 is 0 Å². The van der Waals surface area contributed by atoms with Crippen molar-refractivity contribution in [2.45, 2.75) is 50.9 Å². The molecule has 1 aromatic carbocycles. The van der Waals surface area contributed by atoms with Gasteiger partial charge in [0.25, 0.3) is 0 Å². The lowest BCUT2D eigenvalue weighted by Crippen LogP contribution is -2.40. The molecule has 0 aliphatic heterocycles. The smallest absolute Gasteiger partial charge is 0.319 e. The zero-order valence-electron chi connectivity index (χ0n) is 11.7. The van der Waals surface area contributed by atoms with Crippen molar-refractivity contribution in [3.8, 4) is 0 Å². The van der Waals surface area contributed by atoms with Crippen LogP contribution in [-0.2, 0) is 0 Å². The molecule has 0 bridgehead atoms. The first-order valence-corrected chi connectivity index (χ1v) is 7.08. The number of nitrogens with one attached hydrogen (secondary N) is 2. The van der Waals surface area contributed by atoms with Crippen LogP contribution in [0.1, 0.15) is 44.3 Å². The summed E-state index contributed by atoms with van der Waals surface area (Å²) in [7, 11) is 0. The average molecular weight is 278 g/mol. The van der Waals surface area contributed by atoms with E-state index in [4.69, 9.17) is 0 Å². The molecule has 1 atom stereocenters. The number of benzene rings is 1. The van der Waals surface area contributed by atoms with Crippen molar-refractivity contribution in [2.75, 3.05) is 5.32 Å². The van der Waals surface area contributed by atoms with Crippen molar-refractivity contribution in [3.05, 3.63) is 29.8 Å². The number of rotatable bonds is 3. The lowest BCUT2D eigenvalue weighted by atomic mass is 9.93. The van der Waals surface area contributed by atoms with Gasteiger partial charge >= 0.3 is 6.03 Å². The number of carbonyl (C=O) groups is 1. The van der Waals surface area contributed by atoms with Gasteiger partial charge in [0, 0.05) is 11.7 Å². The van der Waals surface area contributed by atoms with E-state index in [-0.39, 0.29) is 18.2 Å². The van der Waals surface area contributed by atoms with E-state index in [0.29, 0.717) is 5.69 Å². The van der Waals surface area contributed by atoms with Crippen LogP contribution in [0.25, 0.3) is 0 Å². The lowest BCUT2D eigenvalue weighted by molar-refractivity contribution is 0.118. The molecule has 2 rings (SSSR count). The van der Waals surface area contributed by atoms with Crippen LogP contribution in [0.15, 0.2) is 24.3 Å². The highest BCUT2D eigenvalue weighted by molar-refractivity contribution is 5.89. The molecule has 2 amide bonds. The predicted molar refractivity (Wildman–Crippen MR) is 77.5 cm³/mol. The van der Waals surface area contributed by atoms with Crippen LogP contribution in [-0.4, -0.2) is 28.4 Å². The second kappa shape index (κ2) is 6.72. The van der Waals surface area contributed by atoms with Gasteiger partial charge in [0.15, 0.2) is 0 Å². The summed E-state index contributed by atoms with van der Waals surface area (Å²) in [6.07, 6.45) is 2.31. The normalized spacial score (nSPS) is 23.9. The maximum Gasteiger partial charge on any atom is 0.319 e. The quantitative estimate of drug-likeness (QED) is 0.684. The van der Waals surface area contributed by atoms with Gasteiger partial charge in [-0.2, -0.15) is 0 Å². The number of aliphatic hydroxyl groups excluding tert-OH is 2. The zero-order valence-corrected chi connectivity index (χ0v) is 11.7. The molecule has 1 aliphatic carbocycles. The standard InChI is InChI=1S/C15H22N2O3/c1-10(18)11-3-2-4-13(9-11)17-15(20)16-12-5-7-14(19)8-6-12/h2-4,9-10,12,14,18-19H,5-8H2,1H3,(H2,16,17,20). The Hall–Kier alpha value is -1.59. The molecular formula is C15H22N2O3. The maximum atomic E-state index is 11.9. The molecule has 4 N–H and O–H groups in total. The number of hydrogen-bond donors (Lipinski definition) is 4. The van der Waals surface area contributed by atoms with E-state index in [1.165, 1.54) is 0 Å². The number of amides is 2. The Morgan fingerprint density at radius 1 is 1.30 bits per heavy atom. The van der Waals surface area contributed by atoms with Gasteiger partial charge in [-0.1, -0.05) is 12.1 Å². The van der Waals surface area contributed by atoms with Crippen molar-refractivity contribution >= 4 is 11.7 Å². The van der Waals surface area contributed by atoms with Crippen molar-refractivity contribution < 1.29 is 15.0 Å². The molecule has 110 valence electrons. The van der Waals surface area contributed by atoms with Gasteiger partial charge in [-0.3, -0.25) is 0 Å².